The molecular weight excluding hydrogens is 699 g/mol. The summed E-state index contributed by atoms with van der Waals surface area (Å²) in [5.41, 5.74) is 1.67. The number of aromatic nitrogens is 3. The minimum Gasteiger partial charge on any atom is -0.444 e. The average Bonchev–Trinajstić information content (AvgIpc) is 3.53. The highest BCUT2D eigenvalue weighted by Crippen LogP contribution is 2.51. The van der Waals surface area contributed by atoms with Crippen LogP contribution in [-0.4, -0.2) is 74.2 Å². The summed E-state index contributed by atoms with van der Waals surface area (Å²) in [6.07, 6.45) is 1.89. The molecule has 2 aromatic heterocycles. The number of carbonyl (C=O) groups excluding carboxylic acids is 1. The standard InChI is InChI=1S/C41H63N5O5Si2/c1-28(51-53(13,14)41(8,9)10)36-42-21-22-46(36)37(43-38(47)49-39(2,3)4)34-25-35(50-44-34)30-18-15-29(16-19-30)17-20-31-32-26-45(27-33(31)32)23-24-48-52(11,12)40(5,6)7/h15-16,18-19,21-22,25,28,31-33,37H,23-24,26-27H2,1-14H3,(H,43,47)/t28-,31-,32-,33+,37-/m0/s1. The molecule has 12 heteroatoms. The summed E-state index contributed by atoms with van der Waals surface area (Å²) in [5, 5.41) is 7.68. The normalized spacial score (nSPS) is 20.7. The first-order valence-corrected chi connectivity index (χ1v) is 24.9. The van der Waals surface area contributed by atoms with Crippen molar-refractivity contribution in [3.8, 4) is 23.2 Å². The van der Waals surface area contributed by atoms with Crippen molar-refractivity contribution in [3.63, 3.8) is 0 Å². The van der Waals surface area contributed by atoms with Gasteiger partial charge in [-0.2, -0.15) is 0 Å². The molecule has 3 heterocycles. The van der Waals surface area contributed by atoms with Gasteiger partial charge in [0.2, 0.25) is 0 Å². The fourth-order valence-corrected chi connectivity index (χ4v) is 8.71. The van der Waals surface area contributed by atoms with Crippen molar-refractivity contribution in [2.45, 2.75) is 123 Å². The maximum absolute atomic E-state index is 13.1. The Labute approximate surface area is 320 Å². The van der Waals surface area contributed by atoms with Crippen molar-refractivity contribution in [3.05, 3.63) is 59.8 Å². The van der Waals surface area contributed by atoms with Gasteiger partial charge < -0.3 is 27.6 Å². The van der Waals surface area contributed by atoms with Crippen LogP contribution in [0.2, 0.25) is 36.3 Å². The first-order valence-electron chi connectivity index (χ1n) is 19.1. The van der Waals surface area contributed by atoms with Gasteiger partial charge in [-0.1, -0.05) is 58.5 Å². The van der Waals surface area contributed by atoms with Crippen LogP contribution in [0.5, 0.6) is 0 Å². The first-order chi connectivity index (χ1) is 24.5. The lowest BCUT2D eigenvalue weighted by Crippen LogP contribution is -2.42. The zero-order valence-electron chi connectivity index (χ0n) is 34.6. The molecule has 0 bridgehead atoms. The number of ether oxygens (including phenoxy) is 1. The molecule has 1 saturated carbocycles. The molecule has 53 heavy (non-hydrogen) atoms. The summed E-state index contributed by atoms with van der Waals surface area (Å²) in [7, 11) is -3.82. The lowest BCUT2D eigenvalue weighted by atomic mass is 10.1. The molecular formula is C41H63N5O5Si2. The van der Waals surface area contributed by atoms with Crippen molar-refractivity contribution >= 4 is 22.7 Å². The molecule has 0 spiro atoms. The molecule has 0 unspecified atom stereocenters. The van der Waals surface area contributed by atoms with Crippen LogP contribution in [0.4, 0.5) is 4.79 Å². The summed E-state index contributed by atoms with van der Waals surface area (Å²) >= 11 is 0. The highest BCUT2D eigenvalue weighted by Gasteiger charge is 2.54. The van der Waals surface area contributed by atoms with Crippen LogP contribution < -0.4 is 5.32 Å². The van der Waals surface area contributed by atoms with Crippen molar-refractivity contribution in [1.29, 1.82) is 0 Å². The third kappa shape index (κ3) is 9.91. The Morgan fingerprint density at radius 2 is 1.60 bits per heavy atom. The average molecular weight is 762 g/mol. The summed E-state index contributed by atoms with van der Waals surface area (Å²) in [4.78, 5) is 20.3. The number of piperidine rings is 1. The van der Waals surface area contributed by atoms with Gasteiger partial charge in [-0.15, -0.1) is 0 Å². The van der Waals surface area contributed by atoms with Crippen molar-refractivity contribution in [2.24, 2.45) is 17.8 Å². The van der Waals surface area contributed by atoms with Crippen LogP contribution in [0.3, 0.4) is 0 Å². The number of hydrogen-bond acceptors (Lipinski definition) is 8. The Morgan fingerprint density at radius 3 is 2.19 bits per heavy atom. The molecule has 1 saturated heterocycles. The summed E-state index contributed by atoms with van der Waals surface area (Å²) in [5.74, 6) is 10.0. The minimum atomic E-state index is -2.12. The maximum Gasteiger partial charge on any atom is 0.409 e. The van der Waals surface area contributed by atoms with E-state index < -0.39 is 34.5 Å². The number of carbonyl (C=O) groups is 1. The number of alkyl carbamates (subject to hydrolysis) is 1. The Morgan fingerprint density at radius 1 is 0.981 bits per heavy atom. The monoisotopic (exact) mass is 761 g/mol. The van der Waals surface area contributed by atoms with E-state index in [-0.39, 0.29) is 16.2 Å². The largest absolute Gasteiger partial charge is 0.444 e. The Bertz CT molecular complexity index is 1770. The molecule has 0 radical (unpaired) electrons. The van der Waals surface area contributed by atoms with Crippen LogP contribution in [0.15, 0.2) is 47.2 Å². The number of likely N-dealkylation sites (tertiary alicyclic amines) is 1. The van der Waals surface area contributed by atoms with E-state index in [0.717, 1.165) is 37.4 Å². The second kappa shape index (κ2) is 15.1. The molecule has 3 aromatic rings. The number of nitrogens with one attached hydrogen (secondary N) is 1. The molecule has 1 aromatic carbocycles. The van der Waals surface area contributed by atoms with Crippen LogP contribution in [0.1, 0.15) is 98.6 Å². The van der Waals surface area contributed by atoms with Crippen molar-refractivity contribution < 1.29 is 22.9 Å². The van der Waals surface area contributed by atoms with E-state index in [1.165, 1.54) is 0 Å². The van der Waals surface area contributed by atoms with E-state index in [9.17, 15) is 4.79 Å². The molecule has 1 aliphatic carbocycles. The number of benzene rings is 1. The van der Waals surface area contributed by atoms with Crippen molar-refractivity contribution in [2.75, 3.05) is 26.2 Å². The van der Waals surface area contributed by atoms with Gasteiger partial charge in [0.25, 0.3) is 0 Å². The molecule has 1 aliphatic heterocycles. The lowest BCUT2D eigenvalue weighted by molar-refractivity contribution is 0.0489. The smallest absolute Gasteiger partial charge is 0.409 e. The topological polar surface area (TPSA) is 104 Å². The zero-order valence-corrected chi connectivity index (χ0v) is 36.6. The Balaban J connectivity index is 1.24. The number of hydrogen-bond donors (Lipinski definition) is 1. The molecule has 10 nitrogen and oxygen atoms in total. The Hall–Kier alpha value is -3.22. The number of rotatable bonds is 11. The van der Waals surface area contributed by atoms with E-state index in [1.807, 2.05) is 68.8 Å². The highest BCUT2D eigenvalue weighted by atomic mass is 28.4. The van der Waals surface area contributed by atoms with E-state index in [2.05, 4.69) is 99.9 Å². The summed E-state index contributed by atoms with van der Waals surface area (Å²) in [6.45, 7) is 34.1. The molecule has 5 atom stereocenters. The number of amides is 1. The molecule has 2 aliphatic rings. The summed E-state index contributed by atoms with van der Waals surface area (Å²) in [6, 6.07) is 9.90. The van der Waals surface area contributed by atoms with Crippen LogP contribution in [0.25, 0.3) is 11.3 Å². The van der Waals surface area contributed by atoms with Gasteiger partial charge in [0.15, 0.2) is 28.6 Å². The van der Waals surface area contributed by atoms with Gasteiger partial charge in [-0.05, 0) is 100 Å². The predicted octanol–water partition coefficient (Wildman–Crippen LogP) is 9.24. The molecule has 5 rings (SSSR count). The molecule has 1 amide bonds. The molecule has 290 valence electrons. The fraction of sp³-hybridized carbons (Fsp3) is 0.634. The second-order valence-electron chi connectivity index (χ2n) is 18.9. The minimum absolute atomic E-state index is 0.0223. The van der Waals surface area contributed by atoms with Gasteiger partial charge >= 0.3 is 6.09 Å². The van der Waals surface area contributed by atoms with E-state index in [1.54, 1.807) is 6.20 Å². The second-order valence-corrected chi connectivity index (χ2v) is 28.5. The van der Waals surface area contributed by atoms with Gasteiger partial charge in [-0.25, -0.2) is 9.78 Å². The van der Waals surface area contributed by atoms with Crippen LogP contribution >= 0.6 is 0 Å². The van der Waals surface area contributed by atoms with Gasteiger partial charge in [0.1, 0.15) is 23.2 Å². The summed E-state index contributed by atoms with van der Waals surface area (Å²) < 4.78 is 26.5. The first kappa shape index (κ1) is 41.0. The fourth-order valence-electron chi connectivity index (χ4n) is 6.33. The van der Waals surface area contributed by atoms with Gasteiger partial charge in [0, 0.05) is 61.7 Å². The zero-order chi connectivity index (χ0) is 39.1. The van der Waals surface area contributed by atoms with Gasteiger partial charge in [-0.3, -0.25) is 5.32 Å². The SMILES string of the molecule is C[C@H](O[Si](C)(C)C(C)(C)C)c1nccn1[C@H](NC(=O)OC(C)(C)C)c1cc(-c2ccc(C#C[C@@H]3[C@H]4CN(CCO[Si](C)(C)C(C)(C)C)C[C@@H]34)cc2)on1. The molecule has 1 N–H and O–H groups in total. The predicted molar refractivity (Wildman–Crippen MR) is 215 cm³/mol. The van der Waals surface area contributed by atoms with E-state index >= 15 is 0 Å². The van der Waals surface area contributed by atoms with Crippen molar-refractivity contribution in [1.82, 2.24) is 24.9 Å². The molecule has 2 fully saturated rings. The third-order valence-corrected chi connectivity index (χ3v) is 20.7. The third-order valence-electron chi connectivity index (χ3n) is 11.6. The van der Waals surface area contributed by atoms with Crippen LogP contribution in [0, 0.1) is 29.6 Å². The quantitative estimate of drug-likeness (QED) is 0.152. The maximum atomic E-state index is 13.1. The van der Waals surface area contributed by atoms with E-state index in [0.29, 0.717) is 35.0 Å². The van der Waals surface area contributed by atoms with E-state index in [4.69, 9.17) is 18.1 Å². The number of nitrogens with zero attached hydrogens (tertiary/aromatic N) is 4. The number of fused-ring (bicyclic) bond motifs is 1. The van der Waals surface area contributed by atoms with Crippen LogP contribution in [-0.2, 0) is 13.6 Å². The lowest BCUT2D eigenvalue weighted by Gasteiger charge is -2.38. The van der Waals surface area contributed by atoms with Gasteiger partial charge in [0.05, 0.1) is 0 Å². The highest BCUT2D eigenvalue weighted by molar-refractivity contribution is 6.74. The number of imidazole rings is 1. The Kier molecular flexibility index (Phi) is 11.7.